The van der Waals surface area contributed by atoms with Gasteiger partial charge >= 0.3 is 0 Å². The number of thiocarbonyl (C=S) groups is 1. The number of anilines is 1. The van der Waals surface area contributed by atoms with E-state index in [9.17, 15) is 0 Å². The van der Waals surface area contributed by atoms with E-state index in [1.54, 1.807) is 4.68 Å². The highest BCUT2D eigenvalue weighted by molar-refractivity contribution is 7.80. The maximum atomic E-state index is 5.29. The Balaban J connectivity index is 1.90. The smallest absolute Gasteiger partial charge is 0.171 e. The van der Waals surface area contributed by atoms with Crippen LogP contribution < -0.4 is 10.6 Å². The largest absolute Gasteiger partial charge is 0.357 e. The SMILES string of the molecule is CCc1ccccc1NC(=S)NCc1ccn(C)n1. The number of benzene rings is 1. The quantitative estimate of drug-likeness (QED) is 0.841. The normalized spacial score (nSPS) is 10.2. The molecule has 2 N–H and O–H groups in total. The number of hydrogen-bond donors (Lipinski definition) is 2. The van der Waals surface area contributed by atoms with Crippen LogP contribution in [0.2, 0.25) is 0 Å². The first-order chi connectivity index (χ1) is 9.19. The number of nitrogens with one attached hydrogen (secondary N) is 2. The highest BCUT2D eigenvalue weighted by atomic mass is 32.1. The molecule has 0 aliphatic rings. The first kappa shape index (κ1) is 13.5. The molecule has 1 aromatic carbocycles. The third-order valence-electron chi connectivity index (χ3n) is 2.85. The van der Waals surface area contributed by atoms with Crippen LogP contribution in [0.25, 0.3) is 0 Å². The van der Waals surface area contributed by atoms with Gasteiger partial charge in [-0.05, 0) is 36.3 Å². The maximum absolute atomic E-state index is 5.29. The topological polar surface area (TPSA) is 41.9 Å². The summed E-state index contributed by atoms with van der Waals surface area (Å²) in [4.78, 5) is 0. The molecule has 0 amide bonds. The number of hydrogen-bond acceptors (Lipinski definition) is 2. The Morgan fingerprint density at radius 3 is 2.79 bits per heavy atom. The summed E-state index contributed by atoms with van der Waals surface area (Å²) in [5.41, 5.74) is 3.28. The van der Waals surface area contributed by atoms with Gasteiger partial charge in [-0.2, -0.15) is 5.10 Å². The Labute approximate surface area is 118 Å². The van der Waals surface area contributed by atoms with Crippen molar-refractivity contribution in [3.63, 3.8) is 0 Å². The van der Waals surface area contributed by atoms with Gasteiger partial charge in [0.05, 0.1) is 12.2 Å². The average Bonchev–Trinajstić information content (AvgIpc) is 2.83. The summed E-state index contributed by atoms with van der Waals surface area (Å²) in [5.74, 6) is 0. The Bertz CT molecular complexity index is 562. The van der Waals surface area contributed by atoms with Gasteiger partial charge < -0.3 is 10.6 Å². The van der Waals surface area contributed by atoms with Crippen molar-refractivity contribution in [2.75, 3.05) is 5.32 Å². The zero-order valence-electron chi connectivity index (χ0n) is 11.2. The highest BCUT2D eigenvalue weighted by Crippen LogP contribution is 2.15. The Kier molecular flexibility index (Phi) is 4.52. The molecule has 0 aliphatic heterocycles. The molecule has 0 bridgehead atoms. The predicted molar refractivity (Wildman–Crippen MR) is 82.1 cm³/mol. The maximum Gasteiger partial charge on any atom is 0.171 e. The second-order valence-corrected chi connectivity index (χ2v) is 4.71. The molecule has 19 heavy (non-hydrogen) atoms. The van der Waals surface area contributed by atoms with Crippen molar-refractivity contribution in [2.45, 2.75) is 19.9 Å². The van der Waals surface area contributed by atoms with Gasteiger partial charge in [0.25, 0.3) is 0 Å². The fourth-order valence-electron chi connectivity index (χ4n) is 1.85. The molecule has 1 aromatic heterocycles. The van der Waals surface area contributed by atoms with E-state index >= 15 is 0 Å². The van der Waals surface area contributed by atoms with E-state index in [0.717, 1.165) is 17.8 Å². The predicted octanol–water partition coefficient (Wildman–Crippen LogP) is 2.47. The molecule has 0 atom stereocenters. The van der Waals surface area contributed by atoms with Crippen molar-refractivity contribution in [1.82, 2.24) is 15.1 Å². The van der Waals surface area contributed by atoms with Gasteiger partial charge in [0.1, 0.15) is 0 Å². The summed E-state index contributed by atoms with van der Waals surface area (Å²) >= 11 is 5.29. The zero-order chi connectivity index (χ0) is 13.7. The first-order valence-electron chi connectivity index (χ1n) is 6.30. The molecule has 2 rings (SSSR count). The van der Waals surface area contributed by atoms with Gasteiger partial charge in [0.2, 0.25) is 0 Å². The Morgan fingerprint density at radius 2 is 2.11 bits per heavy atom. The second kappa shape index (κ2) is 6.33. The Morgan fingerprint density at radius 1 is 1.32 bits per heavy atom. The van der Waals surface area contributed by atoms with Crippen molar-refractivity contribution < 1.29 is 0 Å². The van der Waals surface area contributed by atoms with Crippen LogP contribution in [0.5, 0.6) is 0 Å². The van der Waals surface area contributed by atoms with Crippen LogP contribution in [0.15, 0.2) is 36.5 Å². The molecule has 5 heteroatoms. The van der Waals surface area contributed by atoms with Crippen molar-refractivity contribution in [2.24, 2.45) is 7.05 Å². The Hall–Kier alpha value is -1.88. The molecule has 0 aliphatic carbocycles. The van der Waals surface area contributed by atoms with E-state index < -0.39 is 0 Å². The van der Waals surface area contributed by atoms with E-state index in [0.29, 0.717) is 11.7 Å². The van der Waals surface area contributed by atoms with Gasteiger partial charge in [-0.15, -0.1) is 0 Å². The second-order valence-electron chi connectivity index (χ2n) is 4.30. The third-order valence-corrected chi connectivity index (χ3v) is 3.09. The fraction of sp³-hybridized carbons (Fsp3) is 0.286. The fourth-order valence-corrected chi connectivity index (χ4v) is 2.03. The summed E-state index contributed by atoms with van der Waals surface area (Å²) in [6.07, 6.45) is 2.89. The van der Waals surface area contributed by atoms with Gasteiger partial charge in [-0.1, -0.05) is 25.1 Å². The van der Waals surface area contributed by atoms with Crippen LogP contribution in [0.4, 0.5) is 5.69 Å². The molecule has 0 radical (unpaired) electrons. The van der Waals surface area contributed by atoms with Crippen LogP contribution in [-0.2, 0) is 20.0 Å². The minimum Gasteiger partial charge on any atom is -0.357 e. The third kappa shape index (κ3) is 3.79. The number of nitrogens with zero attached hydrogens (tertiary/aromatic N) is 2. The zero-order valence-corrected chi connectivity index (χ0v) is 12.0. The van der Waals surface area contributed by atoms with Crippen molar-refractivity contribution in [1.29, 1.82) is 0 Å². The lowest BCUT2D eigenvalue weighted by atomic mass is 10.1. The van der Waals surface area contributed by atoms with Crippen molar-refractivity contribution in [3.8, 4) is 0 Å². The van der Waals surface area contributed by atoms with Crippen LogP contribution in [0.3, 0.4) is 0 Å². The molecular formula is C14H18N4S. The summed E-state index contributed by atoms with van der Waals surface area (Å²) in [5, 5.41) is 11.3. The van der Waals surface area contributed by atoms with E-state index in [-0.39, 0.29) is 0 Å². The number of para-hydroxylation sites is 1. The average molecular weight is 274 g/mol. The number of aryl methyl sites for hydroxylation is 2. The van der Waals surface area contributed by atoms with Crippen molar-refractivity contribution >= 4 is 23.0 Å². The van der Waals surface area contributed by atoms with E-state index in [1.807, 2.05) is 37.5 Å². The number of rotatable bonds is 4. The van der Waals surface area contributed by atoms with Crippen LogP contribution in [0, 0.1) is 0 Å². The van der Waals surface area contributed by atoms with Crippen LogP contribution in [0.1, 0.15) is 18.2 Å². The molecule has 2 aromatic rings. The van der Waals surface area contributed by atoms with Crippen LogP contribution >= 0.6 is 12.2 Å². The van der Waals surface area contributed by atoms with E-state index in [2.05, 4.69) is 28.7 Å². The molecule has 4 nitrogen and oxygen atoms in total. The van der Waals surface area contributed by atoms with Crippen molar-refractivity contribution in [3.05, 3.63) is 47.8 Å². The molecule has 100 valence electrons. The van der Waals surface area contributed by atoms with Gasteiger partial charge in [0, 0.05) is 18.9 Å². The van der Waals surface area contributed by atoms with Gasteiger partial charge in [-0.25, -0.2) is 0 Å². The molecule has 0 spiro atoms. The van der Waals surface area contributed by atoms with Gasteiger partial charge in [0.15, 0.2) is 5.11 Å². The summed E-state index contributed by atoms with van der Waals surface area (Å²) in [6, 6.07) is 10.1. The molecular weight excluding hydrogens is 256 g/mol. The standard InChI is InChI=1S/C14H18N4S/c1-3-11-6-4-5-7-13(11)16-14(19)15-10-12-8-9-18(2)17-12/h4-9H,3,10H2,1-2H3,(H2,15,16,19). The minimum absolute atomic E-state index is 0.617. The molecule has 0 fully saturated rings. The van der Waals surface area contributed by atoms with Crippen LogP contribution in [-0.4, -0.2) is 14.9 Å². The molecule has 1 heterocycles. The molecule has 0 saturated carbocycles. The molecule has 0 saturated heterocycles. The lowest BCUT2D eigenvalue weighted by Crippen LogP contribution is -2.28. The number of aromatic nitrogens is 2. The van der Waals surface area contributed by atoms with E-state index in [4.69, 9.17) is 12.2 Å². The van der Waals surface area contributed by atoms with E-state index in [1.165, 1.54) is 5.56 Å². The summed E-state index contributed by atoms with van der Waals surface area (Å²) < 4.78 is 1.78. The summed E-state index contributed by atoms with van der Waals surface area (Å²) in [7, 11) is 1.90. The highest BCUT2D eigenvalue weighted by Gasteiger charge is 2.03. The lowest BCUT2D eigenvalue weighted by Gasteiger charge is -2.12. The lowest BCUT2D eigenvalue weighted by molar-refractivity contribution is 0.731. The summed E-state index contributed by atoms with van der Waals surface area (Å²) in [6.45, 7) is 2.76. The molecule has 0 unspecified atom stereocenters. The minimum atomic E-state index is 0.617. The monoisotopic (exact) mass is 274 g/mol. The van der Waals surface area contributed by atoms with Gasteiger partial charge in [-0.3, -0.25) is 4.68 Å². The first-order valence-corrected chi connectivity index (χ1v) is 6.71.